The molecular formula is C17H27ClFNO. The van der Waals surface area contributed by atoms with E-state index in [2.05, 4.69) is 25.7 Å². The summed E-state index contributed by atoms with van der Waals surface area (Å²) in [4.78, 5) is 2.45. The van der Waals surface area contributed by atoms with Gasteiger partial charge in [-0.15, -0.1) is 12.4 Å². The summed E-state index contributed by atoms with van der Waals surface area (Å²) in [5.74, 6) is 0.269. The second kappa shape index (κ2) is 8.47. The molecule has 0 atom stereocenters. The molecule has 0 saturated heterocycles. The van der Waals surface area contributed by atoms with Gasteiger partial charge in [0.2, 0.25) is 0 Å². The normalized spacial score (nSPS) is 13.4. The Hall–Kier alpha value is -0.960. The summed E-state index contributed by atoms with van der Waals surface area (Å²) in [5.41, 5.74) is 2.24. The van der Waals surface area contributed by atoms with E-state index < -0.39 is 0 Å². The summed E-state index contributed by atoms with van der Waals surface area (Å²) in [7, 11) is 0. The van der Waals surface area contributed by atoms with Crippen molar-refractivity contribution < 1.29 is 9.13 Å². The van der Waals surface area contributed by atoms with Crippen LogP contribution in [0.3, 0.4) is 0 Å². The minimum atomic E-state index is -0.218. The summed E-state index contributed by atoms with van der Waals surface area (Å²) in [5, 5.41) is 0. The maximum absolute atomic E-state index is 13.9. The van der Waals surface area contributed by atoms with Crippen LogP contribution in [0.4, 0.5) is 10.1 Å². The zero-order chi connectivity index (χ0) is 14.5. The van der Waals surface area contributed by atoms with Crippen molar-refractivity contribution >= 4 is 18.1 Å². The lowest BCUT2D eigenvalue weighted by Gasteiger charge is -2.35. The third-order valence-electron chi connectivity index (χ3n) is 4.16. The molecule has 1 aromatic carbocycles. The molecule has 0 amide bonds. The molecule has 0 N–H and O–H groups in total. The van der Waals surface area contributed by atoms with Crippen LogP contribution in [0, 0.1) is 5.82 Å². The van der Waals surface area contributed by atoms with Gasteiger partial charge in [-0.3, -0.25) is 0 Å². The Morgan fingerprint density at radius 3 is 2.57 bits per heavy atom. The van der Waals surface area contributed by atoms with Crippen LogP contribution >= 0.6 is 12.4 Å². The van der Waals surface area contributed by atoms with Gasteiger partial charge in [0, 0.05) is 23.8 Å². The van der Waals surface area contributed by atoms with Crippen LogP contribution in [-0.2, 0) is 6.42 Å². The minimum Gasteiger partial charge on any atom is -0.490 e. The Bertz CT molecular complexity index is 449. The SMILES string of the molecule is CCCN(c1ccc(F)c2c1CCCO2)C(CC)CC.Cl. The second-order valence-corrected chi connectivity index (χ2v) is 5.49. The third kappa shape index (κ3) is 3.82. The zero-order valence-electron chi connectivity index (χ0n) is 13.3. The zero-order valence-corrected chi connectivity index (χ0v) is 14.1. The van der Waals surface area contributed by atoms with E-state index in [0.29, 0.717) is 18.4 Å². The molecule has 1 aliphatic rings. The van der Waals surface area contributed by atoms with Crippen molar-refractivity contribution in [1.29, 1.82) is 0 Å². The molecule has 0 aliphatic carbocycles. The predicted octanol–water partition coefficient (Wildman–Crippen LogP) is 4.98. The van der Waals surface area contributed by atoms with E-state index in [9.17, 15) is 4.39 Å². The molecule has 0 aromatic heterocycles. The molecule has 120 valence electrons. The van der Waals surface area contributed by atoms with Crippen molar-refractivity contribution in [2.45, 2.75) is 58.9 Å². The van der Waals surface area contributed by atoms with Gasteiger partial charge in [-0.25, -0.2) is 4.39 Å². The highest BCUT2D eigenvalue weighted by molar-refractivity contribution is 5.85. The van der Waals surface area contributed by atoms with Gasteiger partial charge in [0.25, 0.3) is 0 Å². The van der Waals surface area contributed by atoms with Gasteiger partial charge in [-0.1, -0.05) is 20.8 Å². The summed E-state index contributed by atoms with van der Waals surface area (Å²) in [6, 6.07) is 4.02. The van der Waals surface area contributed by atoms with Gasteiger partial charge in [-0.05, 0) is 44.2 Å². The number of ether oxygens (including phenoxy) is 1. The Labute approximate surface area is 134 Å². The summed E-state index contributed by atoms with van der Waals surface area (Å²) in [6.45, 7) is 8.30. The van der Waals surface area contributed by atoms with E-state index in [4.69, 9.17) is 4.74 Å². The van der Waals surface area contributed by atoms with Crippen molar-refractivity contribution in [3.05, 3.63) is 23.5 Å². The Morgan fingerprint density at radius 1 is 1.24 bits per heavy atom. The molecule has 4 heteroatoms. The average molecular weight is 316 g/mol. The standard InChI is InChI=1S/C17H26FNO.ClH/c1-4-11-19(13(5-2)6-3)16-10-9-15(18)17-14(16)8-7-12-20-17;/h9-10,13H,4-8,11-12H2,1-3H3;1H. The van der Waals surface area contributed by atoms with E-state index in [1.807, 2.05) is 6.07 Å². The van der Waals surface area contributed by atoms with Gasteiger partial charge in [-0.2, -0.15) is 0 Å². The predicted molar refractivity (Wildman–Crippen MR) is 89.5 cm³/mol. The smallest absolute Gasteiger partial charge is 0.165 e. The van der Waals surface area contributed by atoms with E-state index in [1.165, 1.54) is 5.69 Å². The molecule has 0 radical (unpaired) electrons. The number of fused-ring (bicyclic) bond motifs is 1. The van der Waals surface area contributed by atoms with Crippen LogP contribution in [0.5, 0.6) is 5.75 Å². The van der Waals surface area contributed by atoms with Crippen LogP contribution in [0.1, 0.15) is 52.0 Å². The molecule has 1 aliphatic heterocycles. The van der Waals surface area contributed by atoms with Gasteiger partial charge in [0.1, 0.15) is 0 Å². The minimum absolute atomic E-state index is 0. The van der Waals surface area contributed by atoms with E-state index in [1.54, 1.807) is 6.07 Å². The largest absolute Gasteiger partial charge is 0.490 e. The lowest BCUT2D eigenvalue weighted by molar-refractivity contribution is 0.273. The van der Waals surface area contributed by atoms with E-state index >= 15 is 0 Å². The van der Waals surface area contributed by atoms with Crippen LogP contribution in [0.25, 0.3) is 0 Å². The average Bonchev–Trinajstić information content (AvgIpc) is 2.48. The summed E-state index contributed by atoms with van der Waals surface area (Å²) in [6.07, 6.45) is 5.23. The first-order valence-electron chi connectivity index (χ1n) is 7.93. The Morgan fingerprint density at radius 2 is 1.95 bits per heavy atom. The summed E-state index contributed by atoms with van der Waals surface area (Å²) < 4.78 is 19.5. The molecule has 2 nitrogen and oxygen atoms in total. The molecule has 21 heavy (non-hydrogen) atoms. The van der Waals surface area contributed by atoms with Crippen molar-refractivity contribution in [2.75, 3.05) is 18.1 Å². The van der Waals surface area contributed by atoms with Gasteiger partial charge < -0.3 is 9.64 Å². The molecule has 0 fully saturated rings. The Balaban J connectivity index is 0.00000220. The first-order valence-corrected chi connectivity index (χ1v) is 7.93. The fourth-order valence-corrected chi connectivity index (χ4v) is 3.15. The number of hydrogen-bond acceptors (Lipinski definition) is 2. The van der Waals surface area contributed by atoms with Gasteiger partial charge >= 0.3 is 0 Å². The Kier molecular flexibility index (Phi) is 7.30. The quantitative estimate of drug-likeness (QED) is 0.734. The van der Waals surface area contributed by atoms with Gasteiger partial charge in [0.15, 0.2) is 11.6 Å². The van der Waals surface area contributed by atoms with Crippen LogP contribution in [0.2, 0.25) is 0 Å². The molecule has 1 heterocycles. The highest BCUT2D eigenvalue weighted by Gasteiger charge is 2.24. The topological polar surface area (TPSA) is 12.5 Å². The molecule has 0 spiro atoms. The number of hydrogen-bond donors (Lipinski definition) is 0. The van der Waals surface area contributed by atoms with Crippen LogP contribution < -0.4 is 9.64 Å². The van der Waals surface area contributed by atoms with Crippen molar-refractivity contribution in [3.8, 4) is 5.75 Å². The number of halogens is 2. The van der Waals surface area contributed by atoms with Crippen LogP contribution in [-0.4, -0.2) is 19.2 Å². The number of anilines is 1. The highest BCUT2D eigenvalue weighted by atomic mass is 35.5. The van der Waals surface area contributed by atoms with E-state index in [0.717, 1.165) is 44.2 Å². The highest BCUT2D eigenvalue weighted by Crippen LogP contribution is 2.37. The van der Waals surface area contributed by atoms with Crippen molar-refractivity contribution in [3.63, 3.8) is 0 Å². The number of benzene rings is 1. The maximum Gasteiger partial charge on any atom is 0.165 e. The molecule has 2 rings (SSSR count). The first kappa shape index (κ1) is 18.1. The number of nitrogens with zero attached hydrogens (tertiary/aromatic N) is 1. The monoisotopic (exact) mass is 315 g/mol. The molecule has 1 aromatic rings. The molecule has 0 unspecified atom stereocenters. The maximum atomic E-state index is 13.9. The lowest BCUT2D eigenvalue weighted by atomic mass is 10.00. The van der Waals surface area contributed by atoms with Gasteiger partial charge in [0.05, 0.1) is 6.61 Å². The summed E-state index contributed by atoms with van der Waals surface area (Å²) >= 11 is 0. The third-order valence-corrected chi connectivity index (χ3v) is 4.16. The number of rotatable bonds is 6. The fourth-order valence-electron chi connectivity index (χ4n) is 3.15. The van der Waals surface area contributed by atoms with Crippen molar-refractivity contribution in [2.24, 2.45) is 0 Å². The molecular weight excluding hydrogens is 289 g/mol. The fraction of sp³-hybridized carbons (Fsp3) is 0.647. The van der Waals surface area contributed by atoms with Crippen molar-refractivity contribution in [1.82, 2.24) is 0 Å². The van der Waals surface area contributed by atoms with Crippen LogP contribution in [0.15, 0.2) is 12.1 Å². The van der Waals surface area contributed by atoms with E-state index in [-0.39, 0.29) is 18.2 Å². The first-order chi connectivity index (χ1) is 9.72. The second-order valence-electron chi connectivity index (χ2n) is 5.49. The molecule has 0 bridgehead atoms. The lowest BCUT2D eigenvalue weighted by Crippen LogP contribution is -2.36. The molecule has 0 saturated carbocycles.